The van der Waals surface area contributed by atoms with Gasteiger partial charge in [-0.1, -0.05) is 35.3 Å². The molecule has 1 N–H and O–H groups in total. The van der Waals surface area contributed by atoms with Gasteiger partial charge < -0.3 is 5.11 Å². The fraction of sp³-hybridized carbons (Fsp3) is 0. The normalized spacial score (nSPS) is 11.4. The van der Waals surface area contributed by atoms with E-state index in [-0.39, 0.29) is 5.57 Å². The van der Waals surface area contributed by atoms with E-state index >= 15 is 0 Å². The van der Waals surface area contributed by atoms with Crippen LogP contribution in [0.3, 0.4) is 0 Å². The Hall–Kier alpha value is -1.84. The van der Waals surface area contributed by atoms with E-state index in [1.807, 2.05) is 0 Å². The molecule has 0 radical (unpaired) electrons. The molecule has 0 saturated carbocycles. The van der Waals surface area contributed by atoms with E-state index in [0.717, 1.165) is 0 Å². The summed E-state index contributed by atoms with van der Waals surface area (Å²) in [5.74, 6) is -1.06. The third kappa shape index (κ3) is 3.34. The van der Waals surface area contributed by atoms with Crippen molar-refractivity contribution in [3.8, 4) is 0 Å². The van der Waals surface area contributed by atoms with Crippen LogP contribution in [0.25, 0.3) is 11.6 Å². The smallest absolute Gasteiger partial charge is 0.336 e. The number of nitrogens with zero attached hydrogens (tertiary/aromatic N) is 1. The number of aliphatic carboxylic acids is 1. The molecule has 19 heavy (non-hydrogen) atoms. The Morgan fingerprint density at radius 1 is 1.26 bits per heavy atom. The van der Waals surface area contributed by atoms with E-state index < -0.39 is 5.97 Å². The van der Waals surface area contributed by atoms with Gasteiger partial charge in [-0.25, -0.2) is 4.79 Å². The van der Waals surface area contributed by atoms with Crippen molar-refractivity contribution in [1.82, 2.24) is 4.98 Å². The molecule has 96 valence electrons. The molecule has 1 aromatic carbocycles. The Morgan fingerprint density at radius 3 is 2.63 bits per heavy atom. The topological polar surface area (TPSA) is 50.2 Å². The van der Waals surface area contributed by atoms with E-state index in [1.54, 1.807) is 36.7 Å². The van der Waals surface area contributed by atoms with E-state index in [9.17, 15) is 9.90 Å². The first-order valence-electron chi connectivity index (χ1n) is 5.38. The Morgan fingerprint density at radius 2 is 2.05 bits per heavy atom. The molecule has 3 nitrogen and oxygen atoms in total. The first-order valence-corrected chi connectivity index (χ1v) is 6.14. The number of hydrogen-bond donors (Lipinski definition) is 1. The Labute approximate surface area is 120 Å². The minimum atomic E-state index is -1.06. The van der Waals surface area contributed by atoms with Gasteiger partial charge in [-0.3, -0.25) is 4.98 Å². The monoisotopic (exact) mass is 293 g/mol. The second kappa shape index (κ2) is 5.87. The van der Waals surface area contributed by atoms with Gasteiger partial charge in [-0.05, 0) is 29.8 Å². The lowest BCUT2D eigenvalue weighted by Crippen LogP contribution is -2.00. The van der Waals surface area contributed by atoms with Crippen LogP contribution in [0.15, 0.2) is 42.7 Å². The highest BCUT2D eigenvalue weighted by Gasteiger charge is 2.14. The van der Waals surface area contributed by atoms with Crippen LogP contribution in [0.2, 0.25) is 10.0 Å². The zero-order valence-electron chi connectivity index (χ0n) is 9.68. The van der Waals surface area contributed by atoms with Crippen LogP contribution in [0.4, 0.5) is 0 Å². The third-order valence-corrected chi connectivity index (χ3v) is 2.99. The zero-order valence-corrected chi connectivity index (χ0v) is 11.2. The fourth-order valence-electron chi connectivity index (χ4n) is 1.59. The molecule has 2 rings (SSSR count). The van der Waals surface area contributed by atoms with Crippen LogP contribution >= 0.6 is 23.2 Å². The second-order valence-electron chi connectivity index (χ2n) is 3.77. The molecule has 0 atom stereocenters. The lowest BCUT2D eigenvalue weighted by molar-refractivity contribution is -0.130. The van der Waals surface area contributed by atoms with Crippen LogP contribution in [-0.2, 0) is 4.79 Å². The van der Waals surface area contributed by atoms with E-state index in [1.165, 1.54) is 12.1 Å². The summed E-state index contributed by atoms with van der Waals surface area (Å²) in [4.78, 5) is 15.3. The van der Waals surface area contributed by atoms with E-state index in [4.69, 9.17) is 23.2 Å². The summed E-state index contributed by atoms with van der Waals surface area (Å²) < 4.78 is 0. The van der Waals surface area contributed by atoms with Gasteiger partial charge in [-0.2, -0.15) is 0 Å². The first-order chi connectivity index (χ1) is 9.08. The molecule has 0 spiro atoms. The average molecular weight is 294 g/mol. The molecular weight excluding hydrogens is 285 g/mol. The molecule has 0 aliphatic carbocycles. The summed E-state index contributed by atoms with van der Waals surface area (Å²) in [6, 6.07) is 8.19. The first kappa shape index (κ1) is 13.6. The number of rotatable bonds is 3. The minimum Gasteiger partial charge on any atom is -0.478 e. The number of carbonyl (C=O) groups is 1. The average Bonchev–Trinajstić information content (AvgIpc) is 2.38. The largest absolute Gasteiger partial charge is 0.478 e. The highest BCUT2D eigenvalue weighted by atomic mass is 35.5. The molecule has 0 aliphatic rings. The summed E-state index contributed by atoms with van der Waals surface area (Å²) in [6.07, 6.45) is 4.71. The summed E-state index contributed by atoms with van der Waals surface area (Å²) in [5, 5.41) is 10.1. The predicted molar refractivity (Wildman–Crippen MR) is 76.2 cm³/mol. The van der Waals surface area contributed by atoms with Crippen LogP contribution < -0.4 is 0 Å². The Kier molecular flexibility index (Phi) is 4.20. The van der Waals surface area contributed by atoms with Crippen molar-refractivity contribution in [1.29, 1.82) is 0 Å². The van der Waals surface area contributed by atoms with Gasteiger partial charge in [0.05, 0.1) is 10.6 Å². The molecule has 0 bridgehead atoms. The van der Waals surface area contributed by atoms with Crippen molar-refractivity contribution in [3.05, 3.63) is 63.9 Å². The van der Waals surface area contributed by atoms with Gasteiger partial charge in [-0.15, -0.1) is 0 Å². The van der Waals surface area contributed by atoms with Crippen LogP contribution in [-0.4, -0.2) is 16.1 Å². The number of pyridine rings is 1. The highest BCUT2D eigenvalue weighted by Crippen LogP contribution is 2.28. The summed E-state index contributed by atoms with van der Waals surface area (Å²) in [7, 11) is 0. The summed E-state index contributed by atoms with van der Waals surface area (Å²) in [5.41, 5.74) is 1.20. The SMILES string of the molecule is O=C(O)/C(=C\c1cccnc1)c1ccc(Cl)cc1Cl. The number of carboxylic acid groups (broad SMARTS) is 1. The molecule has 2 aromatic rings. The lowest BCUT2D eigenvalue weighted by atomic mass is 10.0. The Bertz CT molecular complexity index is 639. The lowest BCUT2D eigenvalue weighted by Gasteiger charge is -2.06. The van der Waals surface area contributed by atoms with Crippen molar-refractivity contribution < 1.29 is 9.90 Å². The molecular formula is C14H9Cl2NO2. The molecule has 0 saturated heterocycles. The molecule has 1 aromatic heterocycles. The van der Waals surface area contributed by atoms with Crippen molar-refractivity contribution in [3.63, 3.8) is 0 Å². The van der Waals surface area contributed by atoms with Gasteiger partial charge in [0.15, 0.2) is 0 Å². The molecule has 0 aliphatic heterocycles. The molecule has 0 amide bonds. The second-order valence-corrected chi connectivity index (χ2v) is 4.62. The van der Waals surface area contributed by atoms with Crippen LogP contribution in [0.5, 0.6) is 0 Å². The minimum absolute atomic E-state index is 0.0923. The Balaban J connectivity index is 2.52. The maximum absolute atomic E-state index is 11.4. The van der Waals surface area contributed by atoms with Crippen LogP contribution in [0.1, 0.15) is 11.1 Å². The summed E-state index contributed by atoms with van der Waals surface area (Å²) in [6.45, 7) is 0. The number of benzene rings is 1. The maximum atomic E-state index is 11.4. The van der Waals surface area contributed by atoms with Crippen molar-refractivity contribution in [2.75, 3.05) is 0 Å². The third-order valence-electron chi connectivity index (χ3n) is 2.45. The van der Waals surface area contributed by atoms with E-state index in [0.29, 0.717) is 21.2 Å². The number of aromatic nitrogens is 1. The zero-order chi connectivity index (χ0) is 13.8. The van der Waals surface area contributed by atoms with Gasteiger partial charge in [0, 0.05) is 23.0 Å². The standard InChI is InChI=1S/C14H9Cl2NO2/c15-10-3-4-11(13(16)7-10)12(14(18)19)6-9-2-1-5-17-8-9/h1-8H,(H,18,19)/b12-6-. The van der Waals surface area contributed by atoms with Gasteiger partial charge in [0.25, 0.3) is 0 Å². The van der Waals surface area contributed by atoms with Crippen molar-refractivity contribution in [2.24, 2.45) is 0 Å². The fourth-order valence-corrected chi connectivity index (χ4v) is 2.10. The van der Waals surface area contributed by atoms with Crippen LogP contribution in [0, 0.1) is 0 Å². The van der Waals surface area contributed by atoms with Crippen molar-refractivity contribution in [2.45, 2.75) is 0 Å². The van der Waals surface area contributed by atoms with E-state index in [2.05, 4.69) is 4.98 Å². The number of halogens is 2. The number of carboxylic acids is 1. The van der Waals surface area contributed by atoms with Gasteiger partial charge >= 0.3 is 5.97 Å². The molecule has 5 heteroatoms. The van der Waals surface area contributed by atoms with Crippen molar-refractivity contribution >= 4 is 40.8 Å². The predicted octanol–water partition coefficient (Wildman–Crippen LogP) is 4.01. The molecule has 0 fully saturated rings. The highest BCUT2D eigenvalue weighted by molar-refractivity contribution is 6.37. The maximum Gasteiger partial charge on any atom is 0.336 e. The quantitative estimate of drug-likeness (QED) is 0.870. The molecule has 1 heterocycles. The molecule has 0 unspecified atom stereocenters. The summed E-state index contributed by atoms with van der Waals surface area (Å²) >= 11 is 11.8. The number of hydrogen-bond acceptors (Lipinski definition) is 2. The van der Waals surface area contributed by atoms with Gasteiger partial charge in [0.1, 0.15) is 0 Å². The van der Waals surface area contributed by atoms with Gasteiger partial charge in [0.2, 0.25) is 0 Å².